The van der Waals surface area contributed by atoms with Gasteiger partial charge in [-0.25, -0.2) is 0 Å². The largest absolute Gasteiger partial charge is 0.484 e. The Bertz CT molecular complexity index is 1480. The Morgan fingerprint density at radius 1 is 0.821 bits per heavy atom. The highest BCUT2D eigenvalue weighted by atomic mass is 19.4. The second-order valence-electron chi connectivity index (χ2n) is 10.5. The number of hydrogen-bond acceptors (Lipinski definition) is 3. The summed E-state index contributed by atoms with van der Waals surface area (Å²) in [6, 6.07) is 29.7. The fraction of sp³-hybridized carbons (Fsp3) is 0.273. The molecular weight excluding hydrogens is 497 g/mol. The molecule has 0 fully saturated rings. The van der Waals surface area contributed by atoms with Gasteiger partial charge in [0.25, 0.3) is 0 Å². The van der Waals surface area contributed by atoms with Crippen LogP contribution >= 0.6 is 0 Å². The molecule has 4 aromatic rings. The molecule has 6 heteroatoms. The van der Waals surface area contributed by atoms with E-state index in [0.29, 0.717) is 6.04 Å². The highest BCUT2D eigenvalue weighted by molar-refractivity contribution is 5.70. The van der Waals surface area contributed by atoms with Gasteiger partial charge in [-0.3, -0.25) is 0 Å². The molecule has 0 aliphatic carbocycles. The molecule has 2 atom stereocenters. The van der Waals surface area contributed by atoms with Crippen molar-refractivity contribution in [2.45, 2.75) is 44.6 Å². The van der Waals surface area contributed by atoms with Crippen LogP contribution in [0.1, 0.15) is 51.0 Å². The number of aryl methyl sites for hydroxylation is 1. The number of ether oxygens (including phenoxy) is 1. The van der Waals surface area contributed by atoms with E-state index in [2.05, 4.69) is 77.4 Å². The number of fused-ring (bicyclic) bond motifs is 2. The van der Waals surface area contributed by atoms with Crippen LogP contribution in [0.25, 0.3) is 11.1 Å². The zero-order valence-electron chi connectivity index (χ0n) is 21.8. The van der Waals surface area contributed by atoms with Crippen LogP contribution in [0.5, 0.6) is 5.75 Å². The number of halogens is 3. The lowest BCUT2D eigenvalue weighted by atomic mass is 9.86. The molecule has 39 heavy (non-hydrogen) atoms. The molecule has 2 aliphatic rings. The van der Waals surface area contributed by atoms with Crippen LogP contribution in [0, 0.1) is 6.92 Å². The highest BCUT2D eigenvalue weighted by Crippen LogP contribution is 2.35. The van der Waals surface area contributed by atoms with Crippen molar-refractivity contribution in [3.8, 4) is 16.9 Å². The molecule has 0 saturated carbocycles. The monoisotopic (exact) mass is 528 g/mol. The van der Waals surface area contributed by atoms with E-state index in [1.165, 1.54) is 33.4 Å². The van der Waals surface area contributed by atoms with Gasteiger partial charge in [0.2, 0.25) is 0 Å². The van der Waals surface area contributed by atoms with Crippen LogP contribution in [0.4, 0.5) is 13.2 Å². The van der Waals surface area contributed by atoms with Gasteiger partial charge in [0.05, 0.1) is 6.04 Å². The molecule has 2 heterocycles. The second-order valence-corrected chi connectivity index (χ2v) is 10.5. The molecule has 0 amide bonds. The SMILES string of the molecule is Cc1cc(OCC(F)(F)F)ccc1-c1ccc2c(c1)CCNC2c1ccc([C@H]2Cc3ccccc3CN2)cc1. The third-order valence-corrected chi connectivity index (χ3v) is 7.86. The number of alkyl halides is 3. The maximum atomic E-state index is 12.5. The third-order valence-electron chi connectivity index (χ3n) is 7.86. The van der Waals surface area contributed by atoms with Crippen LogP contribution in [0.2, 0.25) is 0 Å². The molecule has 0 radical (unpaired) electrons. The van der Waals surface area contributed by atoms with Gasteiger partial charge < -0.3 is 15.4 Å². The van der Waals surface area contributed by atoms with E-state index in [1.54, 1.807) is 12.1 Å². The Hall–Kier alpha value is -3.61. The Morgan fingerprint density at radius 3 is 2.36 bits per heavy atom. The fourth-order valence-corrected chi connectivity index (χ4v) is 5.86. The Labute approximate surface area is 227 Å². The van der Waals surface area contributed by atoms with Gasteiger partial charge in [-0.05, 0) is 82.0 Å². The Morgan fingerprint density at radius 2 is 1.59 bits per heavy atom. The molecule has 0 bridgehead atoms. The van der Waals surface area contributed by atoms with Gasteiger partial charge in [-0.2, -0.15) is 13.2 Å². The van der Waals surface area contributed by atoms with Crippen LogP contribution in [0.15, 0.2) is 84.9 Å². The average molecular weight is 529 g/mol. The van der Waals surface area contributed by atoms with E-state index >= 15 is 0 Å². The minimum atomic E-state index is -4.35. The first-order valence-electron chi connectivity index (χ1n) is 13.4. The lowest BCUT2D eigenvalue weighted by Crippen LogP contribution is -2.31. The molecule has 200 valence electrons. The van der Waals surface area contributed by atoms with Crippen LogP contribution in [0.3, 0.4) is 0 Å². The first kappa shape index (κ1) is 25.7. The fourth-order valence-electron chi connectivity index (χ4n) is 5.86. The van der Waals surface area contributed by atoms with Crippen LogP contribution < -0.4 is 15.4 Å². The summed E-state index contributed by atoms with van der Waals surface area (Å²) in [6.07, 6.45) is -2.43. The molecule has 2 N–H and O–H groups in total. The smallest absolute Gasteiger partial charge is 0.422 e. The van der Waals surface area contributed by atoms with Crippen molar-refractivity contribution in [3.05, 3.63) is 124 Å². The predicted octanol–water partition coefficient (Wildman–Crippen LogP) is 7.23. The van der Waals surface area contributed by atoms with Crippen molar-refractivity contribution in [2.24, 2.45) is 0 Å². The van der Waals surface area contributed by atoms with Crippen molar-refractivity contribution >= 4 is 0 Å². The van der Waals surface area contributed by atoms with Crippen LogP contribution in [-0.2, 0) is 19.4 Å². The summed E-state index contributed by atoms with van der Waals surface area (Å²) in [4.78, 5) is 0. The lowest BCUT2D eigenvalue weighted by Gasteiger charge is -2.29. The zero-order chi connectivity index (χ0) is 27.0. The van der Waals surface area contributed by atoms with Gasteiger partial charge >= 0.3 is 6.18 Å². The minimum absolute atomic E-state index is 0.121. The van der Waals surface area contributed by atoms with E-state index in [9.17, 15) is 13.2 Å². The number of nitrogens with one attached hydrogen (secondary N) is 2. The predicted molar refractivity (Wildman–Crippen MR) is 148 cm³/mol. The molecule has 3 nitrogen and oxygen atoms in total. The van der Waals surface area contributed by atoms with Crippen LogP contribution in [-0.4, -0.2) is 19.3 Å². The molecule has 0 spiro atoms. The van der Waals surface area contributed by atoms with E-state index in [0.717, 1.165) is 42.6 Å². The molecule has 6 rings (SSSR count). The van der Waals surface area contributed by atoms with Gasteiger partial charge in [0.1, 0.15) is 5.75 Å². The highest BCUT2D eigenvalue weighted by Gasteiger charge is 2.28. The summed E-state index contributed by atoms with van der Waals surface area (Å²) in [6.45, 7) is 2.39. The number of benzene rings is 4. The van der Waals surface area contributed by atoms with Crippen molar-refractivity contribution in [2.75, 3.05) is 13.2 Å². The molecule has 0 saturated heterocycles. The zero-order valence-corrected chi connectivity index (χ0v) is 21.8. The normalized spacial score (nSPS) is 18.8. The van der Waals surface area contributed by atoms with Gasteiger partial charge in [0.15, 0.2) is 6.61 Å². The summed E-state index contributed by atoms with van der Waals surface area (Å²) in [5.41, 5.74) is 10.9. The third kappa shape index (κ3) is 5.58. The van der Waals surface area contributed by atoms with Crippen molar-refractivity contribution < 1.29 is 17.9 Å². The Kier molecular flexibility index (Phi) is 6.92. The Balaban J connectivity index is 1.19. The van der Waals surface area contributed by atoms with Gasteiger partial charge in [-0.15, -0.1) is 0 Å². The maximum absolute atomic E-state index is 12.5. The molecule has 4 aromatic carbocycles. The van der Waals surface area contributed by atoms with Gasteiger partial charge in [-0.1, -0.05) is 72.8 Å². The minimum Gasteiger partial charge on any atom is -0.484 e. The summed E-state index contributed by atoms with van der Waals surface area (Å²) in [7, 11) is 0. The maximum Gasteiger partial charge on any atom is 0.422 e. The first-order valence-corrected chi connectivity index (χ1v) is 13.4. The standard InChI is InChI=1S/C33H31F3N2O/c1-21-16-28(39-20-33(34,35)36)11-13-29(21)25-10-12-30-26(17-25)14-15-37-32(30)23-8-6-22(7-9-23)31-18-24-4-2-3-5-27(24)19-38-31/h2-13,16-17,31-32,37-38H,14-15,18-20H2,1H3/t31-,32?/m1/s1. The lowest BCUT2D eigenvalue weighted by molar-refractivity contribution is -0.153. The molecule has 1 unspecified atom stereocenters. The summed E-state index contributed by atoms with van der Waals surface area (Å²) >= 11 is 0. The van der Waals surface area contributed by atoms with Crippen molar-refractivity contribution in [1.82, 2.24) is 10.6 Å². The van der Waals surface area contributed by atoms with Gasteiger partial charge in [0, 0.05) is 19.1 Å². The topological polar surface area (TPSA) is 33.3 Å². The van der Waals surface area contributed by atoms with E-state index in [4.69, 9.17) is 4.74 Å². The van der Waals surface area contributed by atoms with E-state index < -0.39 is 12.8 Å². The summed E-state index contributed by atoms with van der Waals surface area (Å²) < 4.78 is 42.5. The van der Waals surface area contributed by atoms with Crippen molar-refractivity contribution in [1.29, 1.82) is 0 Å². The van der Waals surface area contributed by atoms with Crippen molar-refractivity contribution in [3.63, 3.8) is 0 Å². The van der Waals surface area contributed by atoms with E-state index in [1.807, 2.05) is 13.0 Å². The summed E-state index contributed by atoms with van der Waals surface area (Å²) in [5.74, 6) is 0.229. The molecule has 0 aromatic heterocycles. The quantitative estimate of drug-likeness (QED) is 0.287. The molecular formula is C33H31F3N2O. The molecule has 2 aliphatic heterocycles. The average Bonchev–Trinajstić information content (AvgIpc) is 2.95. The second kappa shape index (κ2) is 10.5. The summed E-state index contributed by atoms with van der Waals surface area (Å²) in [5, 5.41) is 7.36. The number of hydrogen-bond donors (Lipinski definition) is 2. The number of rotatable bonds is 5. The first-order chi connectivity index (χ1) is 18.8. The van der Waals surface area contributed by atoms with E-state index in [-0.39, 0.29) is 11.8 Å².